The van der Waals surface area contributed by atoms with Gasteiger partial charge in [0.1, 0.15) is 11.4 Å². The Morgan fingerprint density at radius 1 is 1.18 bits per heavy atom. The molecule has 1 aromatic heterocycles. The van der Waals surface area contributed by atoms with Gasteiger partial charge in [0.2, 0.25) is 5.91 Å². The third kappa shape index (κ3) is 3.26. The molecule has 0 radical (unpaired) electrons. The van der Waals surface area contributed by atoms with E-state index in [2.05, 4.69) is 15.3 Å². The molecule has 148 valence electrons. The Morgan fingerprint density at radius 3 is 2.50 bits per heavy atom. The van der Waals surface area contributed by atoms with Crippen LogP contribution in [0.15, 0.2) is 30.3 Å². The van der Waals surface area contributed by atoms with Crippen LogP contribution in [0.3, 0.4) is 0 Å². The van der Waals surface area contributed by atoms with E-state index in [0.29, 0.717) is 17.1 Å². The third-order valence-electron chi connectivity index (χ3n) is 5.63. The number of halogens is 3. The number of rotatable bonds is 2. The predicted molar refractivity (Wildman–Crippen MR) is 97.3 cm³/mol. The van der Waals surface area contributed by atoms with Crippen LogP contribution in [0, 0.1) is 6.92 Å². The fraction of sp³-hybridized carbons (Fsp3) is 0.450. The second kappa shape index (κ2) is 6.55. The molecule has 2 aromatic rings. The van der Waals surface area contributed by atoms with Crippen molar-refractivity contribution in [2.45, 2.75) is 43.9 Å². The van der Waals surface area contributed by atoms with Gasteiger partial charge in [-0.3, -0.25) is 10.1 Å². The molecule has 2 fully saturated rings. The maximum atomic E-state index is 12.8. The number of alkyl halides is 3. The summed E-state index contributed by atoms with van der Waals surface area (Å²) in [4.78, 5) is 23.4. The number of aryl methyl sites for hydroxylation is 1. The summed E-state index contributed by atoms with van der Waals surface area (Å²) in [5, 5.41) is 3.43. The monoisotopic (exact) mass is 390 g/mol. The Balaban J connectivity index is 1.61. The highest BCUT2D eigenvalue weighted by Crippen LogP contribution is 2.38. The van der Waals surface area contributed by atoms with Crippen molar-refractivity contribution < 1.29 is 18.0 Å². The fourth-order valence-corrected chi connectivity index (χ4v) is 4.09. The number of likely N-dealkylation sites (N-methyl/N-ethyl adjacent to an activating group) is 1. The van der Waals surface area contributed by atoms with Crippen LogP contribution in [0.4, 0.5) is 13.2 Å². The Bertz CT molecular complexity index is 913. The standard InChI is InChI=1S/C20H21F3N4O/c1-12-11-16(13-3-5-14(6-4-13)20(21,22)23)25-17(24-12)15-7-8-19(26-15)9-10-27(2)18(19)28/h3-6,11,15,26H,7-10H2,1-2H3/t15-,19+/m0/s1. The number of nitrogens with one attached hydrogen (secondary N) is 1. The van der Waals surface area contributed by atoms with Gasteiger partial charge in [-0.2, -0.15) is 13.2 Å². The second-order valence-electron chi connectivity index (χ2n) is 7.62. The zero-order valence-corrected chi connectivity index (χ0v) is 15.7. The van der Waals surface area contributed by atoms with Crippen LogP contribution in [0.5, 0.6) is 0 Å². The van der Waals surface area contributed by atoms with Crippen molar-refractivity contribution in [1.29, 1.82) is 0 Å². The molecule has 1 N–H and O–H groups in total. The Labute approximate surface area is 161 Å². The van der Waals surface area contributed by atoms with E-state index in [1.54, 1.807) is 18.0 Å². The molecule has 2 saturated heterocycles. The molecule has 8 heteroatoms. The number of amides is 1. The highest BCUT2D eigenvalue weighted by molar-refractivity contribution is 5.88. The van der Waals surface area contributed by atoms with E-state index in [1.807, 2.05) is 6.92 Å². The minimum atomic E-state index is -4.37. The highest BCUT2D eigenvalue weighted by atomic mass is 19.4. The number of carbonyl (C=O) groups is 1. The molecule has 5 nitrogen and oxygen atoms in total. The van der Waals surface area contributed by atoms with Gasteiger partial charge in [0, 0.05) is 24.8 Å². The first-order chi connectivity index (χ1) is 13.2. The summed E-state index contributed by atoms with van der Waals surface area (Å²) in [7, 11) is 1.80. The number of carbonyl (C=O) groups excluding carboxylic acids is 1. The Kier molecular flexibility index (Phi) is 4.41. The van der Waals surface area contributed by atoms with Crippen LogP contribution in [0.25, 0.3) is 11.3 Å². The predicted octanol–water partition coefficient (Wildman–Crippen LogP) is 3.50. The van der Waals surface area contributed by atoms with E-state index in [-0.39, 0.29) is 11.9 Å². The average Bonchev–Trinajstić information content (AvgIpc) is 3.21. The van der Waals surface area contributed by atoms with E-state index < -0.39 is 17.3 Å². The number of hydrogen-bond donors (Lipinski definition) is 1. The van der Waals surface area contributed by atoms with Crippen LogP contribution in [0.1, 0.15) is 42.4 Å². The van der Waals surface area contributed by atoms with Gasteiger partial charge in [0.15, 0.2) is 0 Å². The molecule has 2 atom stereocenters. The summed E-state index contributed by atoms with van der Waals surface area (Å²) in [6, 6.07) is 6.57. The molecule has 1 aromatic carbocycles. The summed E-state index contributed by atoms with van der Waals surface area (Å²) < 4.78 is 38.4. The lowest BCUT2D eigenvalue weighted by atomic mass is 9.96. The van der Waals surface area contributed by atoms with Crippen molar-refractivity contribution in [3.05, 3.63) is 47.4 Å². The molecular weight excluding hydrogens is 369 g/mol. The van der Waals surface area contributed by atoms with Gasteiger partial charge in [-0.1, -0.05) is 12.1 Å². The molecule has 1 spiro atoms. The van der Waals surface area contributed by atoms with Gasteiger partial charge >= 0.3 is 6.18 Å². The normalized spacial score (nSPS) is 25.1. The second-order valence-corrected chi connectivity index (χ2v) is 7.62. The topological polar surface area (TPSA) is 58.1 Å². The zero-order chi connectivity index (χ0) is 20.1. The molecule has 2 aliphatic heterocycles. The quantitative estimate of drug-likeness (QED) is 0.853. The largest absolute Gasteiger partial charge is 0.416 e. The highest BCUT2D eigenvalue weighted by Gasteiger charge is 2.50. The number of nitrogens with zero attached hydrogens (tertiary/aromatic N) is 3. The van der Waals surface area contributed by atoms with E-state index in [4.69, 9.17) is 0 Å². The SMILES string of the molecule is Cc1cc(-c2ccc(C(F)(F)F)cc2)nc([C@@H]2CC[C@]3(CCN(C)C3=O)N2)n1. The van der Waals surface area contributed by atoms with Crippen LogP contribution in [-0.2, 0) is 11.0 Å². The number of likely N-dealkylation sites (tertiary alicyclic amines) is 1. The van der Waals surface area contributed by atoms with Crippen molar-refractivity contribution in [1.82, 2.24) is 20.2 Å². The molecule has 0 bridgehead atoms. The first-order valence-corrected chi connectivity index (χ1v) is 9.24. The van der Waals surface area contributed by atoms with Crippen LogP contribution in [0.2, 0.25) is 0 Å². The minimum Gasteiger partial charge on any atom is -0.344 e. The van der Waals surface area contributed by atoms with Crippen molar-refractivity contribution >= 4 is 5.91 Å². The molecule has 2 aliphatic rings. The summed E-state index contributed by atoms with van der Waals surface area (Å²) in [5.41, 5.74) is 0.683. The number of aromatic nitrogens is 2. The van der Waals surface area contributed by atoms with Crippen LogP contribution in [-0.4, -0.2) is 39.9 Å². The molecule has 3 heterocycles. The van der Waals surface area contributed by atoms with Gasteiger partial charge in [-0.05, 0) is 44.4 Å². The van der Waals surface area contributed by atoms with Crippen LogP contribution >= 0.6 is 0 Å². The van der Waals surface area contributed by atoms with Gasteiger partial charge in [0.05, 0.1) is 17.3 Å². The lowest BCUT2D eigenvalue weighted by molar-refractivity contribution is -0.137. The van der Waals surface area contributed by atoms with E-state index in [0.717, 1.165) is 43.6 Å². The van der Waals surface area contributed by atoms with E-state index in [9.17, 15) is 18.0 Å². The molecule has 0 saturated carbocycles. The molecule has 4 rings (SSSR count). The summed E-state index contributed by atoms with van der Waals surface area (Å²) in [6.45, 7) is 2.56. The van der Waals surface area contributed by atoms with Crippen molar-refractivity contribution in [2.24, 2.45) is 0 Å². The average molecular weight is 390 g/mol. The van der Waals surface area contributed by atoms with Crippen LogP contribution < -0.4 is 5.32 Å². The maximum absolute atomic E-state index is 12.8. The molecular formula is C20H21F3N4O. The Hall–Kier alpha value is -2.48. The molecule has 1 amide bonds. The molecule has 0 unspecified atom stereocenters. The van der Waals surface area contributed by atoms with Gasteiger partial charge in [-0.15, -0.1) is 0 Å². The minimum absolute atomic E-state index is 0.102. The first kappa shape index (κ1) is 18.9. The lowest BCUT2D eigenvalue weighted by Crippen LogP contribution is -2.47. The smallest absolute Gasteiger partial charge is 0.344 e. The molecule has 28 heavy (non-hydrogen) atoms. The number of hydrogen-bond acceptors (Lipinski definition) is 4. The maximum Gasteiger partial charge on any atom is 0.416 e. The molecule has 0 aliphatic carbocycles. The van der Waals surface area contributed by atoms with Crippen molar-refractivity contribution in [3.8, 4) is 11.3 Å². The van der Waals surface area contributed by atoms with Gasteiger partial charge in [-0.25, -0.2) is 9.97 Å². The van der Waals surface area contributed by atoms with E-state index in [1.165, 1.54) is 12.1 Å². The number of benzene rings is 1. The van der Waals surface area contributed by atoms with Gasteiger partial charge in [0.25, 0.3) is 0 Å². The summed E-state index contributed by atoms with van der Waals surface area (Å²) in [5.74, 6) is 0.680. The lowest BCUT2D eigenvalue weighted by Gasteiger charge is -2.23. The first-order valence-electron chi connectivity index (χ1n) is 9.24. The zero-order valence-electron chi connectivity index (χ0n) is 15.7. The third-order valence-corrected chi connectivity index (χ3v) is 5.63. The fourth-order valence-electron chi connectivity index (χ4n) is 4.09. The summed E-state index contributed by atoms with van der Waals surface area (Å²) >= 11 is 0. The van der Waals surface area contributed by atoms with E-state index >= 15 is 0 Å². The Morgan fingerprint density at radius 2 is 1.89 bits per heavy atom. The van der Waals surface area contributed by atoms with Crippen molar-refractivity contribution in [3.63, 3.8) is 0 Å². The summed E-state index contributed by atoms with van der Waals surface area (Å²) in [6.07, 6.45) is -2.13. The van der Waals surface area contributed by atoms with Crippen molar-refractivity contribution in [2.75, 3.05) is 13.6 Å². The van der Waals surface area contributed by atoms with Gasteiger partial charge < -0.3 is 4.90 Å².